The van der Waals surface area contributed by atoms with E-state index in [1.54, 1.807) is 24.3 Å². The molecule has 0 saturated heterocycles. The first kappa shape index (κ1) is 21.5. The number of alkyl halides is 1. The van der Waals surface area contributed by atoms with Gasteiger partial charge in [-0.3, -0.25) is 4.79 Å². The fourth-order valence-corrected chi connectivity index (χ4v) is 3.27. The summed E-state index contributed by atoms with van der Waals surface area (Å²) in [6, 6.07) is 19.6. The van der Waals surface area contributed by atoms with Crippen LogP contribution in [0, 0.1) is 0 Å². The maximum atomic E-state index is 13.0. The number of ether oxygens (including phenoxy) is 2. The van der Waals surface area contributed by atoms with E-state index in [4.69, 9.17) is 9.47 Å². The second-order valence-electron chi connectivity index (χ2n) is 6.40. The van der Waals surface area contributed by atoms with Crippen molar-refractivity contribution in [2.45, 2.75) is 5.33 Å². The van der Waals surface area contributed by atoms with Crippen molar-refractivity contribution in [1.82, 2.24) is 0 Å². The summed E-state index contributed by atoms with van der Waals surface area (Å²) in [6.45, 7) is -0.0161. The van der Waals surface area contributed by atoms with Crippen LogP contribution < -0.4 is 10.1 Å². The molecule has 154 valence electrons. The lowest BCUT2D eigenvalue weighted by molar-refractivity contribution is 0.0503. The highest BCUT2D eigenvalue weighted by molar-refractivity contribution is 9.08. The van der Waals surface area contributed by atoms with E-state index < -0.39 is 11.9 Å². The summed E-state index contributed by atoms with van der Waals surface area (Å²) < 4.78 is 10.4. The van der Waals surface area contributed by atoms with Gasteiger partial charge in [-0.1, -0.05) is 58.4 Å². The van der Waals surface area contributed by atoms with Crippen LogP contribution in [-0.2, 0) is 10.1 Å². The van der Waals surface area contributed by atoms with Gasteiger partial charge in [0.15, 0.2) is 6.79 Å². The van der Waals surface area contributed by atoms with Gasteiger partial charge in [0.1, 0.15) is 5.75 Å². The van der Waals surface area contributed by atoms with Crippen molar-refractivity contribution in [1.29, 1.82) is 0 Å². The average Bonchev–Trinajstić information content (AvgIpc) is 2.77. The third-order valence-corrected chi connectivity index (χ3v) is 5.03. The van der Waals surface area contributed by atoms with Crippen LogP contribution in [-0.4, -0.2) is 30.9 Å². The highest BCUT2D eigenvalue weighted by Gasteiger charge is 2.18. The third-order valence-electron chi connectivity index (χ3n) is 4.38. The van der Waals surface area contributed by atoms with Crippen LogP contribution in [0.15, 0.2) is 66.7 Å². The molecular formula is C23H20BrNO5. The molecule has 0 atom stereocenters. The van der Waals surface area contributed by atoms with Gasteiger partial charge < -0.3 is 19.9 Å². The Kier molecular flexibility index (Phi) is 7.21. The number of rotatable bonds is 8. The Balaban J connectivity index is 1.98. The zero-order chi connectivity index (χ0) is 21.5. The topological polar surface area (TPSA) is 84.9 Å². The Labute approximate surface area is 182 Å². The van der Waals surface area contributed by atoms with Crippen molar-refractivity contribution >= 4 is 33.5 Å². The molecule has 0 aliphatic carbocycles. The monoisotopic (exact) mass is 469 g/mol. The molecule has 6 nitrogen and oxygen atoms in total. The Hall–Kier alpha value is -3.16. The maximum Gasteiger partial charge on any atom is 0.337 e. The number of hydrogen-bond donors (Lipinski definition) is 2. The predicted octanol–water partition coefficient (Wildman–Crippen LogP) is 5.18. The molecule has 3 aromatic carbocycles. The summed E-state index contributed by atoms with van der Waals surface area (Å²) in [5.74, 6) is -1.26. The van der Waals surface area contributed by atoms with Gasteiger partial charge in [-0.15, -0.1) is 0 Å². The average molecular weight is 470 g/mol. The molecule has 7 heteroatoms. The van der Waals surface area contributed by atoms with Gasteiger partial charge in [0.25, 0.3) is 5.91 Å². The highest BCUT2D eigenvalue weighted by Crippen LogP contribution is 2.28. The summed E-state index contributed by atoms with van der Waals surface area (Å²) in [5, 5.41) is 12.9. The van der Waals surface area contributed by atoms with Gasteiger partial charge in [0, 0.05) is 12.4 Å². The van der Waals surface area contributed by atoms with Crippen LogP contribution in [0.4, 0.5) is 5.69 Å². The molecule has 0 aromatic heterocycles. The van der Waals surface area contributed by atoms with Crippen LogP contribution in [0.25, 0.3) is 11.1 Å². The molecule has 2 N–H and O–H groups in total. The SMILES string of the molecule is COCOc1ccc(CBr)cc1C(=O)Nc1cc(-c2ccccc2)ccc1C(=O)O. The van der Waals surface area contributed by atoms with Crippen molar-refractivity contribution in [3.63, 3.8) is 0 Å². The molecule has 0 heterocycles. The van der Waals surface area contributed by atoms with Gasteiger partial charge in [-0.05, 0) is 41.0 Å². The lowest BCUT2D eigenvalue weighted by Gasteiger charge is -2.14. The number of halogens is 1. The second-order valence-corrected chi connectivity index (χ2v) is 6.96. The number of carbonyl (C=O) groups is 2. The molecule has 0 radical (unpaired) electrons. The number of benzene rings is 3. The molecule has 1 amide bonds. The van der Waals surface area contributed by atoms with Gasteiger partial charge in [0.05, 0.1) is 16.8 Å². The lowest BCUT2D eigenvalue weighted by atomic mass is 10.0. The van der Waals surface area contributed by atoms with Crippen LogP contribution in [0.5, 0.6) is 5.75 Å². The Morgan fingerprint density at radius 2 is 1.73 bits per heavy atom. The minimum Gasteiger partial charge on any atom is -0.478 e. The molecule has 0 bridgehead atoms. The fraction of sp³-hybridized carbons (Fsp3) is 0.130. The van der Waals surface area contributed by atoms with Crippen molar-refractivity contribution < 1.29 is 24.2 Å². The summed E-state index contributed by atoms with van der Waals surface area (Å²) in [5.41, 5.74) is 3.07. The Morgan fingerprint density at radius 3 is 2.40 bits per heavy atom. The van der Waals surface area contributed by atoms with E-state index in [2.05, 4.69) is 21.2 Å². The largest absolute Gasteiger partial charge is 0.478 e. The molecule has 0 spiro atoms. The number of carboxylic acids is 1. The third kappa shape index (κ3) is 5.06. The number of amides is 1. The standard InChI is InChI=1S/C23H20BrNO5/c1-29-14-30-21-10-7-15(13-24)11-19(21)22(26)25-20-12-17(8-9-18(20)23(27)28)16-5-3-2-4-6-16/h2-12H,13-14H2,1H3,(H,25,26)(H,27,28). The van der Waals surface area contributed by atoms with Crippen LogP contribution in [0.3, 0.4) is 0 Å². The first-order chi connectivity index (χ1) is 14.5. The van der Waals surface area contributed by atoms with Crippen molar-refractivity contribution in [3.05, 3.63) is 83.4 Å². The smallest absolute Gasteiger partial charge is 0.337 e. The molecule has 30 heavy (non-hydrogen) atoms. The number of carboxylic acid groups (broad SMARTS) is 1. The number of carbonyl (C=O) groups excluding carboxylic acids is 1. The number of hydrogen-bond acceptors (Lipinski definition) is 4. The van der Waals surface area contributed by atoms with Gasteiger partial charge in [-0.25, -0.2) is 4.79 Å². The van der Waals surface area contributed by atoms with Crippen LogP contribution >= 0.6 is 15.9 Å². The maximum absolute atomic E-state index is 13.0. The number of nitrogens with one attached hydrogen (secondary N) is 1. The summed E-state index contributed by atoms with van der Waals surface area (Å²) >= 11 is 3.38. The summed E-state index contributed by atoms with van der Waals surface area (Å²) in [7, 11) is 1.49. The van der Waals surface area contributed by atoms with E-state index in [0.717, 1.165) is 16.7 Å². The van der Waals surface area contributed by atoms with E-state index in [-0.39, 0.29) is 23.6 Å². The van der Waals surface area contributed by atoms with E-state index in [0.29, 0.717) is 11.1 Å². The molecule has 3 rings (SSSR count). The molecule has 0 fully saturated rings. The fourth-order valence-electron chi connectivity index (χ4n) is 2.92. The number of aromatic carboxylic acids is 1. The molecular weight excluding hydrogens is 450 g/mol. The van der Waals surface area contributed by atoms with Gasteiger partial charge >= 0.3 is 5.97 Å². The van der Waals surface area contributed by atoms with E-state index in [1.165, 1.54) is 13.2 Å². The van der Waals surface area contributed by atoms with Crippen molar-refractivity contribution in [2.75, 3.05) is 19.2 Å². The van der Waals surface area contributed by atoms with Gasteiger partial charge in [0.2, 0.25) is 0 Å². The van der Waals surface area contributed by atoms with Crippen LogP contribution in [0.2, 0.25) is 0 Å². The minimum atomic E-state index is -1.13. The predicted molar refractivity (Wildman–Crippen MR) is 118 cm³/mol. The lowest BCUT2D eigenvalue weighted by Crippen LogP contribution is -2.17. The molecule has 0 saturated carbocycles. The number of methoxy groups -OCH3 is 1. The first-order valence-corrected chi connectivity index (χ1v) is 10.2. The minimum absolute atomic E-state index is 0.000892. The summed E-state index contributed by atoms with van der Waals surface area (Å²) in [4.78, 5) is 24.7. The summed E-state index contributed by atoms with van der Waals surface area (Å²) in [6.07, 6.45) is 0. The van der Waals surface area contributed by atoms with E-state index in [9.17, 15) is 14.7 Å². The second kappa shape index (κ2) is 10.0. The van der Waals surface area contributed by atoms with Crippen molar-refractivity contribution in [2.24, 2.45) is 0 Å². The Morgan fingerprint density at radius 1 is 0.967 bits per heavy atom. The normalized spacial score (nSPS) is 10.5. The zero-order valence-corrected chi connectivity index (χ0v) is 17.8. The quantitative estimate of drug-likeness (QED) is 0.350. The van der Waals surface area contributed by atoms with Crippen molar-refractivity contribution in [3.8, 4) is 16.9 Å². The van der Waals surface area contributed by atoms with Crippen LogP contribution in [0.1, 0.15) is 26.3 Å². The molecule has 0 unspecified atom stereocenters. The van der Waals surface area contributed by atoms with E-state index >= 15 is 0 Å². The zero-order valence-electron chi connectivity index (χ0n) is 16.2. The Bertz CT molecular complexity index is 1050. The molecule has 0 aliphatic heterocycles. The van der Waals surface area contributed by atoms with E-state index in [1.807, 2.05) is 36.4 Å². The highest BCUT2D eigenvalue weighted by atomic mass is 79.9. The molecule has 3 aromatic rings. The molecule has 0 aliphatic rings. The first-order valence-electron chi connectivity index (χ1n) is 9.08. The van der Waals surface area contributed by atoms with Gasteiger partial charge in [-0.2, -0.15) is 0 Å². The number of anilines is 1.